The van der Waals surface area contributed by atoms with Crippen molar-refractivity contribution in [2.75, 3.05) is 5.73 Å². The van der Waals surface area contributed by atoms with E-state index >= 15 is 0 Å². The normalized spacial score (nSPS) is 21.0. The Morgan fingerprint density at radius 3 is 2.96 bits per heavy atom. The summed E-state index contributed by atoms with van der Waals surface area (Å²) < 4.78 is 29.1. The van der Waals surface area contributed by atoms with Gasteiger partial charge in [0, 0.05) is 18.3 Å². The number of nitrogens with two attached hydrogens (primary N) is 1. The van der Waals surface area contributed by atoms with Gasteiger partial charge in [-0.1, -0.05) is 12.1 Å². The first-order valence-corrected chi connectivity index (χ1v) is 9.06. The van der Waals surface area contributed by atoms with Crippen LogP contribution >= 0.6 is 0 Å². The molecule has 2 aromatic heterocycles. The number of nitrogens with zero attached hydrogens (tertiary/aromatic N) is 5. The standard InChI is InChI=1S/C19H17F2N7/c20-15-2-1-3-16(17(15)21)28-19(25-26-27-28)14-8-11(9-23-18(14)22)10-6-12-4-5-13(7-10)24-12/h1-3,6,8-9,12-13,24H,4-5,7H2,(H2,22,23). The molecule has 0 radical (unpaired) electrons. The summed E-state index contributed by atoms with van der Waals surface area (Å²) in [6.07, 6.45) is 7.13. The predicted molar refractivity (Wildman–Crippen MR) is 99.3 cm³/mol. The van der Waals surface area contributed by atoms with Gasteiger partial charge in [0.05, 0.1) is 5.56 Å². The first-order chi connectivity index (χ1) is 13.6. The van der Waals surface area contributed by atoms with Crippen molar-refractivity contribution in [3.63, 3.8) is 0 Å². The number of hydrogen-bond acceptors (Lipinski definition) is 6. The maximum atomic E-state index is 14.3. The van der Waals surface area contributed by atoms with E-state index in [0.717, 1.165) is 35.6 Å². The molecule has 4 heterocycles. The van der Waals surface area contributed by atoms with Crippen LogP contribution in [0.4, 0.5) is 14.6 Å². The molecule has 2 bridgehead atoms. The minimum Gasteiger partial charge on any atom is -0.383 e. The van der Waals surface area contributed by atoms with Crippen LogP contribution in [0.2, 0.25) is 0 Å². The number of fused-ring (bicyclic) bond motifs is 2. The number of halogens is 2. The van der Waals surface area contributed by atoms with Gasteiger partial charge in [0.1, 0.15) is 11.5 Å². The highest BCUT2D eigenvalue weighted by Gasteiger charge is 2.29. The van der Waals surface area contributed by atoms with Gasteiger partial charge in [0.15, 0.2) is 17.5 Å². The Morgan fingerprint density at radius 2 is 2.11 bits per heavy atom. The number of pyridine rings is 1. The largest absolute Gasteiger partial charge is 0.383 e. The molecule has 2 atom stereocenters. The Hall–Kier alpha value is -3.20. The lowest BCUT2D eigenvalue weighted by Crippen LogP contribution is -2.31. The Balaban J connectivity index is 1.60. The van der Waals surface area contributed by atoms with Crippen molar-refractivity contribution in [2.24, 2.45) is 0 Å². The fourth-order valence-corrected chi connectivity index (χ4v) is 3.94. The van der Waals surface area contributed by atoms with Crippen molar-refractivity contribution >= 4 is 11.4 Å². The molecule has 9 heteroatoms. The van der Waals surface area contributed by atoms with Crippen molar-refractivity contribution in [1.29, 1.82) is 0 Å². The van der Waals surface area contributed by atoms with Crippen LogP contribution in [-0.2, 0) is 0 Å². The lowest BCUT2D eigenvalue weighted by molar-refractivity contribution is 0.501. The van der Waals surface area contributed by atoms with Gasteiger partial charge >= 0.3 is 0 Å². The summed E-state index contributed by atoms with van der Waals surface area (Å²) in [6.45, 7) is 0. The van der Waals surface area contributed by atoms with Crippen molar-refractivity contribution < 1.29 is 8.78 Å². The maximum Gasteiger partial charge on any atom is 0.190 e. The number of rotatable bonds is 3. The summed E-state index contributed by atoms with van der Waals surface area (Å²) in [6, 6.07) is 6.54. The van der Waals surface area contributed by atoms with Crippen molar-refractivity contribution in [3.05, 3.63) is 53.7 Å². The van der Waals surface area contributed by atoms with E-state index in [1.54, 1.807) is 6.20 Å². The summed E-state index contributed by atoms with van der Waals surface area (Å²) in [5.41, 5.74) is 8.57. The van der Waals surface area contributed by atoms with Gasteiger partial charge in [-0.15, -0.1) is 5.10 Å². The van der Waals surface area contributed by atoms with E-state index in [1.165, 1.54) is 17.7 Å². The van der Waals surface area contributed by atoms with Crippen LogP contribution in [0.25, 0.3) is 22.6 Å². The zero-order valence-corrected chi connectivity index (χ0v) is 14.8. The zero-order chi connectivity index (χ0) is 19.3. The molecule has 0 saturated carbocycles. The number of nitrogen functional groups attached to an aromatic ring is 1. The lowest BCUT2D eigenvalue weighted by atomic mass is 9.96. The second-order valence-electron chi connectivity index (χ2n) is 7.09. The molecule has 1 fully saturated rings. The molecular formula is C19H17F2N7. The molecule has 2 aliphatic heterocycles. The van der Waals surface area contributed by atoms with Gasteiger partial charge < -0.3 is 11.1 Å². The molecule has 0 aliphatic carbocycles. The third-order valence-electron chi connectivity index (χ3n) is 5.30. The van der Waals surface area contributed by atoms with Crippen LogP contribution in [0, 0.1) is 11.6 Å². The second-order valence-corrected chi connectivity index (χ2v) is 7.09. The minimum atomic E-state index is -1.03. The molecular weight excluding hydrogens is 364 g/mol. The van der Waals surface area contributed by atoms with Crippen LogP contribution in [0.15, 0.2) is 36.5 Å². The quantitative estimate of drug-likeness (QED) is 0.724. The molecule has 28 heavy (non-hydrogen) atoms. The molecule has 1 saturated heterocycles. The Labute approximate surface area is 159 Å². The highest BCUT2D eigenvalue weighted by molar-refractivity contribution is 5.76. The highest BCUT2D eigenvalue weighted by atomic mass is 19.2. The summed E-state index contributed by atoms with van der Waals surface area (Å²) in [7, 11) is 0. The number of tetrazole rings is 1. The van der Waals surface area contributed by atoms with E-state index in [2.05, 4.69) is 31.9 Å². The molecule has 3 aromatic rings. The first kappa shape index (κ1) is 16.9. The monoisotopic (exact) mass is 381 g/mol. The number of anilines is 1. The molecule has 142 valence electrons. The maximum absolute atomic E-state index is 14.3. The van der Waals surface area contributed by atoms with E-state index < -0.39 is 11.6 Å². The number of benzene rings is 1. The smallest absolute Gasteiger partial charge is 0.190 e. The summed E-state index contributed by atoms with van der Waals surface area (Å²) in [5.74, 6) is -1.59. The van der Waals surface area contributed by atoms with Crippen LogP contribution in [0.5, 0.6) is 0 Å². The average molecular weight is 381 g/mol. The molecule has 0 amide bonds. The van der Waals surface area contributed by atoms with Crippen LogP contribution < -0.4 is 11.1 Å². The molecule has 2 aliphatic rings. The van der Waals surface area contributed by atoms with E-state index in [4.69, 9.17) is 5.73 Å². The molecule has 7 nitrogen and oxygen atoms in total. The van der Waals surface area contributed by atoms with Crippen LogP contribution in [0.3, 0.4) is 0 Å². The van der Waals surface area contributed by atoms with Crippen molar-refractivity contribution in [1.82, 2.24) is 30.5 Å². The number of aromatic nitrogens is 5. The van der Waals surface area contributed by atoms with Gasteiger partial charge in [0.2, 0.25) is 0 Å². The van der Waals surface area contributed by atoms with Crippen molar-refractivity contribution in [3.8, 4) is 17.1 Å². The molecule has 3 N–H and O–H groups in total. The van der Waals surface area contributed by atoms with Crippen molar-refractivity contribution in [2.45, 2.75) is 31.3 Å². The Morgan fingerprint density at radius 1 is 1.21 bits per heavy atom. The van der Waals surface area contributed by atoms with Crippen LogP contribution in [0.1, 0.15) is 24.8 Å². The Kier molecular flexibility index (Phi) is 3.90. The van der Waals surface area contributed by atoms with Gasteiger partial charge in [-0.3, -0.25) is 0 Å². The first-order valence-electron chi connectivity index (χ1n) is 9.06. The predicted octanol–water partition coefficient (Wildman–Crippen LogP) is 2.49. The SMILES string of the molecule is Nc1ncc(C2=CC3CCC(C2)N3)cc1-c1nnnn1-c1cccc(F)c1F. The van der Waals surface area contributed by atoms with E-state index in [0.29, 0.717) is 17.6 Å². The van der Waals surface area contributed by atoms with Gasteiger partial charge in [-0.25, -0.2) is 13.8 Å². The van der Waals surface area contributed by atoms with E-state index in [-0.39, 0.29) is 17.3 Å². The minimum absolute atomic E-state index is 0.0936. The van der Waals surface area contributed by atoms with Gasteiger partial charge in [-0.2, -0.15) is 4.68 Å². The lowest BCUT2D eigenvalue weighted by Gasteiger charge is -2.21. The number of hydrogen-bond donors (Lipinski definition) is 2. The second kappa shape index (κ2) is 6.45. The van der Waals surface area contributed by atoms with Gasteiger partial charge in [-0.05, 0) is 59.0 Å². The average Bonchev–Trinajstić information content (AvgIpc) is 3.30. The molecule has 1 aromatic carbocycles. The molecule has 0 spiro atoms. The molecule has 5 rings (SSSR count). The molecule has 2 unspecified atom stereocenters. The third-order valence-corrected chi connectivity index (χ3v) is 5.30. The number of nitrogens with one attached hydrogen (secondary N) is 1. The third kappa shape index (κ3) is 2.75. The fraction of sp³-hybridized carbons (Fsp3) is 0.263. The van der Waals surface area contributed by atoms with Gasteiger partial charge in [0.25, 0.3) is 0 Å². The Bertz CT molecular complexity index is 1090. The van der Waals surface area contributed by atoms with E-state index in [9.17, 15) is 8.78 Å². The zero-order valence-electron chi connectivity index (χ0n) is 14.8. The van der Waals surface area contributed by atoms with Crippen LogP contribution in [-0.4, -0.2) is 37.3 Å². The summed E-state index contributed by atoms with van der Waals surface area (Å²) >= 11 is 0. The highest BCUT2D eigenvalue weighted by Crippen LogP contribution is 2.34. The van der Waals surface area contributed by atoms with E-state index in [1.807, 2.05) is 6.07 Å². The topological polar surface area (TPSA) is 94.5 Å². The summed E-state index contributed by atoms with van der Waals surface area (Å²) in [4.78, 5) is 4.30. The fourth-order valence-electron chi connectivity index (χ4n) is 3.94. The summed E-state index contributed by atoms with van der Waals surface area (Å²) in [5, 5.41) is 15.0.